The van der Waals surface area contributed by atoms with Crippen molar-refractivity contribution in [3.8, 4) is 28.1 Å². The van der Waals surface area contributed by atoms with Gasteiger partial charge in [-0.2, -0.15) is 0 Å². The first-order valence-electron chi connectivity index (χ1n) is 8.52. The van der Waals surface area contributed by atoms with Crippen LogP contribution in [0.25, 0.3) is 33.3 Å². The maximum absolute atomic E-state index is 11.9. The molecule has 0 unspecified atom stereocenters. The third-order valence-electron chi connectivity index (χ3n) is 4.69. The van der Waals surface area contributed by atoms with Gasteiger partial charge < -0.3 is 9.72 Å². The second-order valence-electron chi connectivity index (χ2n) is 6.36. The molecule has 1 aromatic heterocycles. The molecule has 0 fully saturated rings. The van der Waals surface area contributed by atoms with E-state index in [2.05, 4.69) is 29.2 Å². The minimum atomic E-state index is 0.654. The Balaban J connectivity index is 1.95. The van der Waals surface area contributed by atoms with Gasteiger partial charge in [0.1, 0.15) is 5.75 Å². The van der Waals surface area contributed by atoms with Gasteiger partial charge in [0, 0.05) is 22.0 Å². The van der Waals surface area contributed by atoms with Crippen LogP contribution >= 0.6 is 0 Å². The first-order chi connectivity index (χ1) is 12.7. The highest BCUT2D eigenvalue weighted by atomic mass is 16.5. The average Bonchev–Trinajstić information content (AvgIpc) is 3.06. The molecule has 0 saturated heterocycles. The number of aromatic nitrogens is 1. The van der Waals surface area contributed by atoms with E-state index in [4.69, 9.17) is 4.74 Å². The molecule has 128 valence electrons. The van der Waals surface area contributed by atoms with E-state index in [1.165, 1.54) is 0 Å². The number of methoxy groups -OCH3 is 1. The molecular formula is C23H19NO2. The van der Waals surface area contributed by atoms with Crippen LogP contribution in [-0.2, 0) is 0 Å². The number of carbonyl (C=O) groups is 1. The Hall–Kier alpha value is -3.33. The van der Waals surface area contributed by atoms with Crippen LogP contribution in [0.3, 0.4) is 0 Å². The monoisotopic (exact) mass is 341 g/mol. The van der Waals surface area contributed by atoms with E-state index < -0.39 is 0 Å². The normalized spacial score (nSPS) is 10.8. The summed E-state index contributed by atoms with van der Waals surface area (Å²) >= 11 is 0. The molecule has 0 aliphatic rings. The SMILES string of the molecule is COc1ccc(C)cc1-c1[nH]c2ccc(-c3ccccc3)cc2c1C=O. The summed E-state index contributed by atoms with van der Waals surface area (Å²) in [5.74, 6) is 0.744. The van der Waals surface area contributed by atoms with E-state index in [-0.39, 0.29) is 0 Å². The van der Waals surface area contributed by atoms with Gasteiger partial charge in [0.15, 0.2) is 6.29 Å². The van der Waals surface area contributed by atoms with Gasteiger partial charge in [-0.25, -0.2) is 0 Å². The lowest BCUT2D eigenvalue weighted by Crippen LogP contribution is -1.91. The third-order valence-corrected chi connectivity index (χ3v) is 4.69. The van der Waals surface area contributed by atoms with E-state index >= 15 is 0 Å². The number of hydrogen-bond donors (Lipinski definition) is 1. The van der Waals surface area contributed by atoms with Crippen molar-refractivity contribution in [3.63, 3.8) is 0 Å². The Labute approximate surface area is 152 Å². The number of H-pyrrole nitrogens is 1. The highest BCUT2D eigenvalue weighted by molar-refractivity contribution is 6.06. The number of aldehydes is 1. The first-order valence-corrected chi connectivity index (χ1v) is 8.52. The predicted octanol–water partition coefficient (Wildman–Crippen LogP) is 5.63. The third kappa shape index (κ3) is 2.68. The number of hydrogen-bond acceptors (Lipinski definition) is 2. The number of carbonyl (C=O) groups excluding carboxylic acids is 1. The molecule has 3 heteroatoms. The Bertz CT molecular complexity index is 1090. The molecule has 4 rings (SSSR count). The fraction of sp³-hybridized carbons (Fsp3) is 0.0870. The fourth-order valence-electron chi connectivity index (χ4n) is 3.37. The molecule has 0 radical (unpaired) electrons. The molecule has 0 aliphatic carbocycles. The number of ether oxygens (including phenoxy) is 1. The van der Waals surface area contributed by atoms with Crippen LogP contribution in [0.5, 0.6) is 5.75 Å². The molecule has 0 spiro atoms. The van der Waals surface area contributed by atoms with Gasteiger partial charge in [-0.1, -0.05) is 48.0 Å². The van der Waals surface area contributed by atoms with Crippen molar-refractivity contribution in [2.75, 3.05) is 7.11 Å². The van der Waals surface area contributed by atoms with Crippen molar-refractivity contribution in [2.24, 2.45) is 0 Å². The summed E-state index contributed by atoms with van der Waals surface area (Å²) in [7, 11) is 1.64. The smallest absolute Gasteiger partial charge is 0.152 e. The summed E-state index contributed by atoms with van der Waals surface area (Å²) in [5.41, 5.74) is 6.60. The summed E-state index contributed by atoms with van der Waals surface area (Å²) in [5, 5.41) is 0.917. The Kier molecular flexibility index (Phi) is 4.05. The summed E-state index contributed by atoms with van der Waals surface area (Å²) < 4.78 is 5.51. The predicted molar refractivity (Wildman–Crippen MR) is 106 cm³/mol. The van der Waals surface area contributed by atoms with Crippen LogP contribution in [0, 0.1) is 6.92 Å². The zero-order valence-corrected chi connectivity index (χ0v) is 14.7. The molecule has 0 bridgehead atoms. The van der Waals surface area contributed by atoms with Crippen molar-refractivity contribution < 1.29 is 9.53 Å². The lowest BCUT2D eigenvalue weighted by molar-refractivity contribution is 0.112. The Morgan fingerprint density at radius 1 is 0.923 bits per heavy atom. The van der Waals surface area contributed by atoms with Crippen LogP contribution in [-0.4, -0.2) is 18.4 Å². The molecule has 26 heavy (non-hydrogen) atoms. The molecule has 3 nitrogen and oxygen atoms in total. The summed E-state index contributed by atoms with van der Waals surface area (Å²) in [6, 6.07) is 22.3. The zero-order chi connectivity index (χ0) is 18.1. The first kappa shape index (κ1) is 16.2. The second-order valence-corrected chi connectivity index (χ2v) is 6.36. The number of aromatic amines is 1. The summed E-state index contributed by atoms with van der Waals surface area (Å²) in [6.45, 7) is 2.03. The number of benzene rings is 3. The van der Waals surface area contributed by atoms with E-state index in [0.29, 0.717) is 5.56 Å². The Morgan fingerprint density at radius 3 is 2.46 bits per heavy atom. The van der Waals surface area contributed by atoms with Crippen molar-refractivity contribution in [1.82, 2.24) is 4.98 Å². The van der Waals surface area contributed by atoms with Gasteiger partial charge in [0.05, 0.1) is 12.8 Å². The summed E-state index contributed by atoms with van der Waals surface area (Å²) in [4.78, 5) is 15.3. The molecular weight excluding hydrogens is 322 g/mol. The van der Waals surface area contributed by atoms with Crippen molar-refractivity contribution in [2.45, 2.75) is 6.92 Å². The van der Waals surface area contributed by atoms with Gasteiger partial charge in [-0.3, -0.25) is 4.79 Å². The number of nitrogens with one attached hydrogen (secondary N) is 1. The maximum Gasteiger partial charge on any atom is 0.152 e. The van der Waals surface area contributed by atoms with Crippen LogP contribution in [0.1, 0.15) is 15.9 Å². The number of fused-ring (bicyclic) bond motifs is 1. The number of rotatable bonds is 4. The lowest BCUT2D eigenvalue weighted by Gasteiger charge is -2.09. The topological polar surface area (TPSA) is 42.1 Å². The minimum absolute atomic E-state index is 0.654. The van der Waals surface area contributed by atoms with E-state index in [1.807, 2.05) is 49.4 Å². The standard InChI is InChI=1S/C23H19NO2/c1-15-8-11-22(26-2)19(12-15)23-20(14-25)18-13-17(9-10-21(18)24-23)16-6-4-3-5-7-16/h3-14,24H,1-2H3. The maximum atomic E-state index is 11.9. The van der Waals surface area contributed by atoms with Crippen LogP contribution in [0.2, 0.25) is 0 Å². The van der Waals surface area contributed by atoms with Gasteiger partial charge >= 0.3 is 0 Å². The lowest BCUT2D eigenvalue weighted by atomic mass is 10.0. The van der Waals surface area contributed by atoms with Crippen molar-refractivity contribution in [3.05, 3.63) is 77.9 Å². The second kappa shape index (κ2) is 6.52. The fourth-order valence-corrected chi connectivity index (χ4v) is 3.37. The quantitative estimate of drug-likeness (QED) is 0.489. The average molecular weight is 341 g/mol. The molecule has 3 aromatic carbocycles. The largest absolute Gasteiger partial charge is 0.496 e. The highest BCUT2D eigenvalue weighted by Crippen LogP contribution is 2.36. The molecule has 0 amide bonds. The molecule has 0 saturated carbocycles. The van der Waals surface area contributed by atoms with Crippen molar-refractivity contribution >= 4 is 17.2 Å². The Morgan fingerprint density at radius 2 is 1.73 bits per heavy atom. The van der Waals surface area contributed by atoms with Gasteiger partial charge in [0.2, 0.25) is 0 Å². The minimum Gasteiger partial charge on any atom is -0.496 e. The van der Waals surface area contributed by atoms with Gasteiger partial charge in [-0.15, -0.1) is 0 Å². The molecule has 0 atom stereocenters. The van der Waals surface area contributed by atoms with Crippen LogP contribution in [0.15, 0.2) is 66.7 Å². The van der Waals surface area contributed by atoms with Gasteiger partial charge in [0.25, 0.3) is 0 Å². The molecule has 1 heterocycles. The highest BCUT2D eigenvalue weighted by Gasteiger charge is 2.17. The zero-order valence-electron chi connectivity index (χ0n) is 14.7. The molecule has 1 N–H and O–H groups in total. The van der Waals surface area contributed by atoms with Crippen LogP contribution < -0.4 is 4.74 Å². The molecule has 0 aliphatic heterocycles. The van der Waals surface area contributed by atoms with E-state index in [9.17, 15) is 4.79 Å². The van der Waals surface area contributed by atoms with Crippen LogP contribution in [0.4, 0.5) is 0 Å². The molecule has 4 aromatic rings. The van der Waals surface area contributed by atoms with Crippen molar-refractivity contribution in [1.29, 1.82) is 0 Å². The van der Waals surface area contributed by atoms with E-state index in [0.717, 1.165) is 50.9 Å². The number of aryl methyl sites for hydroxylation is 1. The van der Waals surface area contributed by atoms with E-state index in [1.54, 1.807) is 7.11 Å². The van der Waals surface area contributed by atoms with Gasteiger partial charge in [-0.05, 0) is 42.3 Å². The summed E-state index contributed by atoms with van der Waals surface area (Å²) in [6.07, 6.45) is 0.921.